The lowest BCUT2D eigenvalue weighted by molar-refractivity contribution is -0.154. The van der Waals surface area contributed by atoms with Crippen LogP contribution in [0, 0.1) is 0 Å². The number of carbonyl (C=O) groups is 2. The van der Waals surface area contributed by atoms with Crippen molar-refractivity contribution in [3.05, 3.63) is 35.9 Å². The van der Waals surface area contributed by atoms with E-state index in [-0.39, 0.29) is 25.0 Å². The molecule has 0 saturated carbocycles. The van der Waals surface area contributed by atoms with Crippen LogP contribution in [0.1, 0.15) is 18.0 Å². The van der Waals surface area contributed by atoms with Crippen molar-refractivity contribution >= 4 is 11.8 Å². The summed E-state index contributed by atoms with van der Waals surface area (Å²) in [7, 11) is 1.67. The third-order valence-electron chi connectivity index (χ3n) is 3.44. The Bertz CT molecular complexity index is 492. The lowest BCUT2D eigenvalue weighted by Gasteiger charge is -2.34. The van der Waals surface area contributed by atoms with Gasteiger partial charge in [0.25, 0.3) is 5.91 Å². The molecule has 6 heteroatoms. The molecule has 0 bridgehead atoms. The minimum atomic E-state index is -0.742. The topological polar surface area (TPSA) is 78.9 Å². The first kappa shape index (κ1) is 15.5. The van der Waals surface area contributed by atoms with Crippen molar-refractivity contribution in [3.63, 3.8) is 0 Å². The van der Waals surface area contributed by atoms with Crippen LogP contribution in [0.4, 0.5) is 0 Å². The highest BCUT2D eigenvalue weighted by Gasteiger charge is 2.37. The zero-order valence-corrected chi connectivity index (χ0v) is 12.0. The molecule has 2 N–H and O–H groups in total. The Labute approximate surface area is 123 Å². The second kappa shape index (κ2) is 7.19. The van der Waals surface area contributed by atoms with Crippen LogP contribution in [0.3, 0.4) is 0 Å². The standard InChI is InChI=1S/C15H20N2O4/c1-17(8-5-9-18)15(20)14-13(16-12(19)10-21-14)11-6-3-2-4-7-11/h2-4,6-7,13-14,18H,5,8-10H2,1H3,(H,16,19)/t13-,14+/m1/s1. The number of hydrogen-bond acceptors (Lipinski definition) is 4. The molecule has 0 radical (unpaired) electrons. The van der Waals surface area contributed by atoms with Gasteiger partial charge < -0.3 is 20.1 Å². The smallest absolute Gasteiger partial charge is 0.253 e. The molecule has 1 aliphatic rings. The lowest BCUT2D eigenvalue weighted by atomic mass is 9.99. The third kappa shape index (κ3) is 3.80. The molecule has 21 heavy (non-hydrogen) atoms. The molecule has 0 aromatic heterocycles. The quantitative estimate of drug-likeness (QED) is 0.806. The van der Waals surface area contributed by atoms with Crippen LogP contribution in [-0.2, 0) is 14.3 Å². The fourth-order valence-corrected chi connectivity index (χ4v) is 2.32. The van der Waals surface area contributed by atoms with E-state index in [1.54, 1.807) is 7.05 Å². The number of aliphatic hydroxyl groups is 1. The highest BCUT2D eigenvalue weighted by molar-refractivity contribution is 5.86. The fraction of sp³-hybridized carbons (Fsp3) is 0.467. The van der Waals surface area contributed by atoms with Crippen molar-refractivity contribution in [2.45, 2.75) is 18.6 Å². The highest BCUT2D eigenvalue weighted by atomic mass is 16.5. The molecule has 114 valence electrons. The van der Waals surface area contributed by atoms with Crippen LogP contribution < -0.4 is 5.32 Å². The Morgan fingerprint density at radius 2 is 2.14 bits per heavy atom. The van der Waals surface area contributed by atoms with Gasteiger partial charge in [0.15, 0.2) is 6.10 Å². The van der Waals surface area contributed by atoms with E-state index in [1.165, 1.54) is 4.90 Å². The summed E-state index contributed by atoms with van der Waals surface area (Å²) >= 11 is 0. The summed E-state index contributed by atoms with van der Waals surface area (Å²) in [6.45, 7) is 0.361. The van der Waals surface area contributed by atoms with E-state index >= 15 is 0 Å². The Kier molecular flexibility index (Phi) is 5.30. The molecule has 1 fully saturated rings. The van der Waals surface area contributed by atoms with Crippen molar-refractivity contribution in [3.8, 4) is 0 Å². The largest absolute Gasteiger partial charge is 0.396 e. The fourth-order valence-electron chi connectivity index (χ4n) is 2.32. The van der Waals surface area contributed by atoms with Gasteiger partial charge in [0.1, 0.15) is 6.61 Å². The van der Waals surface area contributed by atoms with Crippen molar-refractivity contribution in [1.82, 2.24) is 10.2 Å². The second-order valence-corrected chi connectivity index (χ2v) is 5.02. The molecule has 1 aromatic rings. The lowest BCUT2D eigenvalue weighted by Crippen LogP contribution is -2.52. The Morgan fingerprint density at radius 3 is 2.81 bits per heavy atom. The zero-order chi connectivity index (χ0) is 15.2. The molecule has 2 atom stereocenters. The number of rotatable bonds is 5. The van der Waals surface area contributed by atoms with E-state index in [9.17, 15) is 9.59 Å². The maximum absolute atomic E-state index is 12.5. The molecule has 1 aromatic carbocycles. The summed E-state index contributed by atoms with van der Waals surface area (Å²) < 4.78 is 5.45. The number of likely N-dealkylation sites (N-methyl/N-ethyl adjacent to an activating group) is 1. The molecule has 0 spiro atoms. The molecule has 2 rings (SSSR count). The Hall–Kier alpha value is -1.92. The average molecular weight is 292 g/mol. The van der Waals surface area contributed by atoms with E-state index < -0.39 is 12.1 Å². The van der Waals surface area contributed by atoms with Gasteiger partial charge in [-0.3, -0.25) is 9.59 Å². The predicted octanol–water partition coefficient (Wildman–Crippen LogP) is 0.0835. The van der Waals surface area contributed by atoms with E-state index in [0.29, 0.717) is 13.0 Å². The highest BCUT2D eigenvalue weighted by Crippen LogP contribution is 2.23. The molecule has 6 nitrogen and oxygen atoms in total. The molecule has 0 aliphatic carbocycles. The Morgan fingerprint density at radius 1 is 1.43 bits per heavy atom. The first-order valence-electron chi connectivity index (χ1n) is 6.95. The van der Waals surface area contributed by atoms with Crippen LogP contribution in [-0.4, -0.2) is 54.7 Å². The van der Waals surface area contributed by atoms with Crippen molar-refractivity contribution < 1.29 is 19.4 Å². The second-order valence-electron chi connectivity index (χ2n) is 5.02. The summed E-state index contributed by atoms with van der Waals surface area (Å²) in [6.07, 6.45) is -0.231. The van der Waals surface area contributed by atoms with Gasteiger partial charge in [0.05, 0.1) is 6.04 Å². The van der Waals surface area contributed by atoms with Gasteiger partial charge in [-0.2, -0.15) is 0 Å². The summed E-state index contributed by atoms with van der Waals surface area (Å²) in [5.41, 5.74) is 0.833. The van der Waals surface area contributed by atoms with Crippen LogP contribution in [0.25, 0.3) is 0 Å². The first-order chi connectivity index (χ1) is 10.1. The molecular weight excluding hydrogens is 272 g/mol. The molecule has 0 unspecified atom stereocenters. The number of morpholine rings is 1. The minimum absolute atomic E-state index is 0.0298. The number of nitrogens with zero attached hydrogens (tertiary/aromatic N) is 1. The first-order valence-corrected chi connectivity index (χ1v) is 6.95. The summed E-state index contributed by atoms with van der Waals surface area (Å²) in [4.78, 5) is 25.5. The van der Waals surface area contributed by atoms with Gasteiger partial charge >= 0.3 is 0 Å². The third-order valence-corrected chi connectivity index (χ3v) is 3.44. The summed E-state index contributed by atoms with van der Waals surface area (Å²) in [6, 6.07) is 8.80. The van der Waals surface area contributed by atoms with E-state index in [1.807, 2.05) is 30.3 Å². The number of hydrogen-bond donors (Lipinski definition) is 2. The van der Waals surface area contributed by atoms with Crippen molar-refractivity contribution in [1.29, 1.82) is 0 Å². The van der Waals surface area contributed by atoms with E-state index in [4.69, 9.17) is 9.84 Å². The van der Waals surface area contributed by atoms with Crippen LogP contribution >= 0.6 is 0 Å². The van der Waals surface area contributed by atoms with Gasteiger partial charge in [-0.05, 0) is 12.0 Å². The van der Waals surface area contributed by atoms with Crippen molar-refractivity contribution in [2.24, 2.45) is 0 Å². The van der Waals surface area contributed by atoms with Gasteiger partial charge in [-0.1, -0.05) is 30.3 Å². The van der Waals surface area contributed by atoms with Crippen LogP contribution in [0.2, 0.25) is 0 Å². The molecule has 2 amide bonds. The molecular formula is C15H20N2O4. The number of aliphatic hydroxyl groups excluding tert-OH is 1. The number of carbonyl (C=O) groups excluding carboxylic acids is 2. The number of nitrogens with one attached hydrogen (secondary N) is 1. The number of amides is 2. The van der Waals surface area contributed by atoms with E-state index in [0.717, 1.165) is 5.56 Å². The van der Waals surface area contributed by atoms with Crippen molar-refractivity contribution in [2.75, 3.05) is 26.8 Å². The number of benzene rings is 1. The van der Waals surface area contributed by atoms with Crippen LogP contribution in [0.15, 0.2) is 30.3 Å². The summed E-state index contributed by atoms with van der Waals surface area (Å²) in [5, 5.41) is 11.7. The average Bonchev–Trinajstić information content (AvgIpc) is 2.52. The Balaban J connectivity index is 2.15. The molecule has 1 heterocycles. The minimum Gasteiger partial charge on any atom is -0.396 e. The predicted molar refractivity (Wildman–Crippen MR) is 76.4 cm³/mol. The summed E-state index contributed by atoms with van der Waals surface area (Å²) in [5.74, 6) is -0.428. The monoisotopic (exact) mass is 292 g/mol. The SMILES string of the molecule is CN(CCCO)C(=O)[C@H]1OCC(=O)N[C@@H]1c1ccccc1. The number of ether oxygens (including phenoxy) is 1. The normalized spacial score (nSPS) is 21.7. The maximum Gasteiger partial charge on any atom is 0.253 e. The van der Waals surface area contributed by atoms with Gasteiger partial charge in [0.2, 0.25) is 5.91 Å². The van der Waals surface area contributed by atoms with E-state index in [2.05, 4.69) is 5.32 Å². The van der Waals surface area contributed by atoms with Gasteiger partial charge in [-0.15, -0.1) is 0 Å². The molecule has 1 saturated heterocycles. The van der Waals surface area contributed by atoms with Crippen LogP contribution in [0.5, 0.6) is 0 Å². The van der Waals surface area contributed by atoms with Gasteiger partial charge in [0, 0.05) is 20.2 Å². The molecule has 1 aliphatic heterocycles. The zero-order valence-electron chi connectivity index (χ0n) is 12.0. The van der Waals surface area contributed by atoms with Gasteiger partial charge in [-0.25, -0.2) is 0 Å². The maximum atomic E-state index is 12.5.